The number of nitrogens with zero attached hydrogens (tertiary/aromatic N) is 1. The summed E-state index contributed by atoms with van der Waals surface area (Å²) in [6.07, 6.45) is -2.56. The molecule has 0 bridgehead atoms. The monoisotopic (exact) mass is 265 g/mol. The lowest BCUT2D eigenvalue weighted by Gasteiger charge is -2.10. The third kappa shape index (κ3) is 2.20. The van der Waals surface area contributed by atoms with E-state index in [0.717, 1.165) is 5.56 Å². The molecule has 1 aromatic rings. The van der Waals surface area contributed by atoms with Crippen LogP contribution in [0.5, 0.6) is 5.88 Å². The number of hydrogen-bond acceptors (Lipinski definition) is 2. The number of ether oxygens (including phenoxy) is 1. The first-order chi connectivity index (χ1) is 6.60. The van der Waals surface area contributed by atoms with Gasteiger partial charge in [0.15, 0.2) is 0 Å². The van der Waals surface area contributed by atoms with Crippen molar-refractivity contribution in [1.82, 2.24) is 4.98 Å². The molecule has 0 aliphatic rings. The van der Waals surface area contributed by atoms with Crippen LogP contribution >= 0.6 is 15.9 Å². The molecule has 2 nitrogen and oxygen atoms in total. The normalized spacial score (nSPS) is 10.7. The fourth-order valence-electron chi connectivity index (χ4n) is 1.10. The van der Waals surface area contributed by atoms with Gasteiger partial charge in [0, 0.05) is 11.0 Å². The summed E-state index contributed by atoms with van der Waals surface area (Å²) in [5.41, 5.74) is 1.29. The lowest BCUT2D eigenvalue weighted by molar-refractivity contribution is 0.146. The van der Waals surface area contributed by atoms with Crippen LogP contribution in [-0.4, -0.2) is 12.1 Å². The Morgan fingerprint density at radius 2 is 2.21 bits per heavy atom. The van der Waals surface area contributed by atoms with Crippen LogP contribution < -0.4 is 4.74 Å². The average molecular weight is 266 g/mol. The molecule has 1 rings (SSSR count). The van der Waals surface area contributed by atoms with E-state index in [1.54, 1.807) is 6.92 Å². The topological polar surface area (TPSA) is 22.1 Å². The molecule has 0 aliphatic heterocycles. The first-order valence-electron chi connectivity index (χ1n) is 3.98. The van der Waals surface area contributed by atoms with E-state index in [1.165, 1.54) is 13.2 Å². The molecule has 0 spiro atoms. The second-order valence-electron chi connectivity index (χ2n) is 2.77. The van der Waals surface area contributed by atoms with Crippen molar-refractivity contribution < 1.29 is 13.5 Å². The third-order valence-corrected chi connectivity index (χ3v) is 2.49. The van der Waals surface area contributed by atoms with E-state index in [4.69, 9.17) is 4.74 Å². The van der Waals surface area contributed by atoms with Crippen molar-refractivity contribution in [1.29, 1.82) is 0 Å². The summed E-state index contributed by atoms with van der Waals surface area (Å²) in [5, 5.41) is 0.509. The number of halogens is 3. The molecule has 0 fully saturated rings. The number of methoxy groups -OCH3 is 1. The van der Waals surface area contributed by atoms with Crippen molar-refractivity contribution in [2.45, 2.75) is 18.7 Å². The van der Waals surface area contributed by atoms with E-state index in [-0.39, 0.29) is 11.4 Å². The molecule has 78 valence electrons. The standard InChI is InChI=1S/C9H10BrF2NO/c1-5-6(4-10)3-7(8(11)12)9(13-5)14-2/h3,8H,4H2,1-2H3. The molecular formula is C9H10BrF2NO. The zero-order chi connectivity index (χ0) is 10.7. The Kier molecular flexibility index (Phi) is 3.80. The van der Waals surface area contributed by atoms with Crippen LogP contribution in [0, 0.1) is 6.92 Å². The Morgan fingerprint density at radius 1 is 1.57 bits per heavy atom. The molecule has 0 aromatic carbocycles. The van der Waals surface area contributed by atoms with Crippen LogP contribution in [0.4, 0.5) is 8.78 Å². The molecule has 1 aromatic heterocycles. The lowest BCUT2D eigenvalue weighted by atomic mass is 10.1. The predicted octanol–water partition coefficient (Wildman–Crippen LogP) is 3.23. The maximum atomic E-state index is 12.5. The van der Waals surface area contributed by atoms with Crippen LogP contribution in [0.2, 0.25) is 0 Å². The van der Waals surface area contributed by atoms with Gasteiger partial charge in [-0.25, -0.2) is 13.8 Å². The average Bonchev–Trinajstić information content (AvgIpc) is 2.16. The smallest absolute Gasteiger partial charge is 0.269 e. The Hall–Kier alpha value is -0.710. The van der Waals surface area contributed by atoms with E-state index < -0.39 is 6.43 Å². The van der Waals surface area contributed by atoms with Gasteiger partial charge in [0.2, 0.25) is 5.88 Å². The summed E-state index contributed by atoms with van der Waals surface area (Å²) in [6, 6.07) is 1.42. The first kappa shape index (κ1) is 11.4. The molecular weight excluding hydrogens is 256 g/mol. The summed E-state index contributed by atoms with van der Waals surface area (Å²) in [7, 11) is 1.33. The van der Waals surface area contributed by atoms with Crippen LogP contribution in [0.1, 0.15) is 23.2 Å². The molecule has 0 N–H and O–H groups in total. The van der Waals surface area contributed by atoms with Crippen molar-refractivity contribution in [2.75, 3.05) is 7.11 Å². The minimum atomic E-state index is -2.56. The summed E-state index contributed by atoms with van der Waals surface area (Å²) in [6.45, 7) is 1.76. The number of pyridine rings is 1. The van der Waals surface area contributed by atoms with Crippen LogP contribution in [0.15, 0.2) is 6.07 Å². The minimum Gasteiger partial charge on any atom is -0.481 e. The molecule has 0 aliphatic carbocycles. The Bertz CT molecular complexity index is 331. The highest BCUT2D eigenvalue weighted by Crippen LogP contribution is 2.29. The summed E-state index contributed by atoms with van der Waals surface area (Å²) in [5.74, 6) is 0.00204. The highest BCUT2D eigenvalue weighted by molar-refractivity contribution is 9.08. The lowest BCUT2D eigenvalue weighted by Crippen LogP contribution is -2.00. The third-order valence-electron chi connectivity index (χ3n) is 1.88. The van der Waals surface area contributed by atoms with Crippen molar-refractivity contribution in [3.05, 3.63) is 22.9 Å². The fraction of sp³-hybridized carbons (Fsp3) is 0.444. The minimum absolute atomic E-state index is 0.00204. The van der Waals surface area contributed by atoms with Gasteiger partial charge in [-0.05, 0) is 18.6 Å². The Balaban J connectivity index is 3.25. The van der Waals surface area contributed by atoms with Crippen molar-refractivity contribution in [3.63, 3.8) is 0 Å². The summed E-state index contributed by atoms with van der Waals surface area (Å²) < 4.78 is 29.8. The van der Waals surface area contributed by atoms with Gasteiger partial charge in [0.25, 0.3) is 6.43 Å². The molecule has 0 saturated carbocycles. The Labute approximate surface area is 89.4 Å². The van der Waals surface area contributed by atoms with Gasteiger partial charge in [-0.3, -0.25) is 0 Å². The quantitative estimate of drug-likeness (QED) is 0.783. The van der Waals surface area contributed by atoms with E-state index in [2.05, 4.69) is 20.9 Å². The van der Waals surface area contributed by atoms with Crippen LogP contribution in [0.3, 0.4) is 0 Å². The first-order valence-corrected chi connectivity index (χ1v) is 5.10. The van der Waals surface area contributed by atoms with Crippen molar-refractivity contribution in [2.24, 2.45) is 0 Å². The predicted molar refractivity (Wildman–Crippen MR) is 53.1 cm³/mol. The molecule has 1 heterocycles. The highest BCUT2D eigenvalue weighted by atomic mass is 79.9. The molecule has 14 heavy (non-hydrogen) atoms. The van der Waals surface area contributed by atoms with E-state index in [1.807, 2.05) is 0 Å². The second-order valence-corrected chi connectivity index (χ2v) is 3.33. The maximum absolute atomic E-state index is 12.5. The van der Waals surface area contributed by atoms with Crippen LogP contribution in [0.25, 0.3) is 0 Å². The number of aromatic nitrogens is 1. The molecule has 0 amide bonds. The zero-order valence-electron chi connectivity index (χ0n) is 7.85. The maximum Gasteiger partial charge on any atom is 0.269 e. The highest BCUT2D eigenvalue weighted by Gasteiger charge is 2.17. The van der Waals surface area contributed by atoms with Gasteiger partial charge in [-0.15, -0.1) is 0 Å². The summed E-state index contributed by atoms with van der Waals surface area (Å²) >= 11 is 3.21. The number of rotatable bonds is 3. The van der Waals surface area contributed by atoms with Gasteiger partial charge < -0.3 is 4.74 Å². The van der Waals surface area contributed by atoms with E-state index in [9.17, 15) is 8.78 Å². The molecule has 0 atom stereocenters. The number of aryl methyl sites for hydroxylation is 1. The van der Waals surface area contributed by atoms with Gasteiger partial charge in [-0.1, -0.05) is 15.9 Å². The molecule has 0 saturated heterocycles. The zero-order valence-corrected chi connectivity index (χ0v) is 9.44. The molecule has 5 heteroatoms. The van der Waals surface area contributed by atoms with Gasteiger partial charge in [0.1, 0.15) is 0 Å². The van der Waals surface area contributed by atoms with Crippen molar-refractivity contribution in [3.8, 4) is 5.88 Å². The van der Waals surface area contributed by atoms with E-state index >= 15 is 0 Å². The van der Waals surface area contributed by atoms with E-state index in [0.29, 0.717) is 11.0 Å². The number of hydrogen-bond donors (Lipinski definition) is 0. The summed E-state index contributed by atoms with van der Waals surface area (Å²) in [4.78, 5) is 3.95. The van der Waals surface area contributed by atoms with Crippen molar-refractivity contribution >= 4 is 15.9 Å². The van der Waals surface area contributed by atoms with Gasteiger partial charge in [0.05, 0.1) is 12.7 Å². The number of alkyl halides is 3. The fourth-order valence-corrected chi connectivity index (χ4v) is 1.67. The second kappa shape index (κ2) is 4.68. The van der Waals surface area contributed by atoms with Crippen LogP contribution in [-0.2, 0) is 5.33 Å². The molecule has 0 radical (unpaired) electrons. The molecule has 0 unspecified atom stereocenters. The van der Waals surface area contributed by atoms with Gasteiger partial charge in [-0.2, -0.15) is 0 Å². The van der Waals surface area contributed by atoms with Gasteiger partial charge >= 0.3 is 0 Å². The largest absolute Gasteiger partial charge is 0.481 e. The Morgan fingerprint density at radius 3 is 2.64 bits per heavy atom. The SMILES string of the molecule is COc1nc(C)c(CBr)cc1C(F)F.